The molecular weight excluding hydrogens is 335 g/mol. The number of aromatic hydroxyl groups is 1. The average molecular weight is 347 g/mol. The number of phenolic OH excluding ortho intramolecular Hbond substituents is 1. The molecule has 0 aromatic heterocycles. The topological polar surface area (TPSA) is 92.4 Å². The van der Waals surface area contributed by atoms with Crippen LogP contribution in [-0.4, -0.2) is 13.5 Å². The van der Waals surface area contributed by atoms with Crippen LogP contribution < -0.4 is 10.5 Å². The maximum atomic E-state index is 11.3. The van der Waals surface area contributed by atoms with Gasteiger partial charge in [-0.25, -0.2) is 13.6 Å². The standard InChI is InChI=1S/C13H12Cl2N2O3S/c14-10-5-4-9(21(16,19)20)6-12(10)17-7-8-2-1-3-11(15)13(8)18/h1-6,17-18H,7H2,(H2,16,19,20). The maximum absolute atomic E-state index is 11.3. The predicted molar refractivity (Wildman–Crippen MR) is 83.3 cm³/mol. The largest absolute Gasteiger partial charge is 0.506 e. The second-order valence-electron chi connectivity index (χ2n) is 4.29. The highest BCUT2D eigenvalue weighted by atomic mass is 35.5. The zero-order chi connectivity index (χ0) is 15.6. The first-order valence-electron chi connectivity index (χ1n) is 5.81. The van der Waals surface area contributed by atoms with Crippen LogP contribution in [0.4, 0.5) is 5.69 Å². The van der Waals surface area contributed by atoms with Gasteiger partial charge in [0.15, 0.2) is 0 Å². The highest BCUT2D eigenvalue weighted by molar-refractivity contribution is 7.89. The minimum atomic E-state index is -3.81. The van der Waals surface area contributed by atoms with E-state index in [0.29, 0.717) is 16.3 Å². The molecule has 0 amide bonds. The number of benzene rings is 2. The number of halogens is 2. The molecule has 0 saturated carbocycles. The molecule has 2 aromatic carbocycles. The fourth-order valence-corrected chi connectivity index (χ4v) is 2.63. The van der Waals surface area contributed by atoms with E-state index in [1.807, 2.05) is 0 Å². The number of anilines is 1. The van der Waals surface area contributed by atoms with Crippen LogP contribution in [0.1, 0.15) is 5.56 Å². The van der Waals surface area contributed by atoms with Crippen molar-refractivity contribution in [3.8, 4) is 5.75 Å². The van der Waals surface area contributed by atoms with E-state index < -0.39 is 10.0 Å². The van der Waals surface area contributed by atoms with E-state index in [1.165, 1.54) is 18.2 Å². The minimum Gasteiger partial charge on any atom is -0.506 e. The predicted octanol–water partition coefficient (Wildman–Crippen LogP) is 2.96. The molecule has 4 N–H and O–H groups in total. The van der Waals surface area contributed by atoms with Crippen molar-refractivity contribution in [2.75, 3.05) is 5.32 Å². The number of phenols is 1. The molecule has 112 valence electrons. The monoisotopic (exact) mass is 346 g/mol. The van der Waals surface area contributed by atoms with Crippen molar-refractivity contribution >= 4 is 38.9 Å². The molecule has 0 saturated heterocycles. The third kappa shape index (κ3) is 3.79. The molecule has 2 aromatic rings. The van der Waals surface area contributed by atoms with E-state index in [1.54, 1.807) is 18.2 Å². The van der Waals surface area contributed by atoms with Gasteiger partial charge in [-0.2, -0.15) is 0 Å². The number of hydrogen-bond acceptors (Lipinski definition) is 4. The summed E-state index contributed by atoms with van der Waals surface area (Å²) < 4.78 is 22.6. The van der Waals surface area contributed by atoms with Gasteiger partial charge < -0.3 is 10.4 Å². The van der Waals surface area contributed by atoms with Crippen LogP contribution in [0.3, 0.4) is 0 Å². The third-order valence-electron chi connectivity index (χ3n) is 2.81. The van der Waals surface area contributed by atoms with E-state index in [2.05, 4.69) is 5.32 Å². The SMILES string of the molecule is NS(=O)(=O)c1ccc(Cl)c(NCc2cccc(Cl)c2O)c1. The van der Waals surface area contributed by atoms with Crippen LogP contribution in [0, 0.1) is 0 Å². The van der Waals surface area contributed by atoms with Gasteiger partial charge in [-0.15, -0.1) is 0 Å². The number of nitrogens with one attached hydrogen (secondary N) is 1. The average Bonchev–Trinajstić information content (AvgIpc) is 2.40. The van der Waals surface area contributed by atoms with Crippen molar-refractivity contribution in [3.63, 3.8) is 0 Å². The van der Waals surface area contributed by atoms with Gasteiger partial charge in [0.2, 0.25) is 10.0 Å². The smallest absolute Gasteiger partial charge is 0.238 e. The van der Waals surface area contributed by atoms with E-state index >= 15 is 0 Å². The van der Waals surface area contributed by atoms with Gasteiger partial charge in [-0.05, 0) is 24.3 Å². The lowest BCUT2D eigenvalue weighted by Gasteiger charge is -2.11. The Bertz CT molecular complexity index is 779. The minimum absolute atomic E-state index is 0.0367. The highest BCUT2D eigenvalue weighted by Gasteiger charge is 2.11. The van der Waals surface area contributed by atoms with Crippen LogP contribution in [-0.2, 0) is 16.6 Å². The second-order valence-corrected chi connectivity index (χ2v) is 6.66. The fraction of sp³-hybridized carbons (Fsp3) is 0.0769. The van der Waals surface area contributed by atoms with Gasteiger partial charge in [0.05, 0.1) is 20.6 Å². The molecule has 0 bridgehead atoms. The van der Waals surface area contributed by atoms with Crippen LogP contribution >= 0.6 is 23.2 Å². The summed E-state index contributed by atoms with van der Waals surface area (Å²) in [5.41, 5.74) is 0.946. The third-order valence-corrected chi connectivity index (χ3v) is 4.35. The van der Waals surface area contributed by atoms with Gasteiger partial charge in [-0.3, -0.25) is 0 Å². The number of sulfonamides is 1. The van der Waals surface area contributed by atoms with E-state index in [4.69, 9.17) is 28.3 Å². The maximum Gasteiger partial charge on any atom is 0.238 e. The zero-order valence-electron chi connectivity index (χ0n) is 10.7. The quantitative estimate of drug-likeness (QED) is 0.793. The number of nitrogens with two attached hydrogens (primary N) is 1. The van der Waals surface area contributed by atoms with Crippen molar-refractivity contribution in [1.29, 1.82) is 0 Å². The van der Waals surface area contributed by atoms with Crippen molar-refractivity contribution < 1.29 is 13.5 Å². The van der Waals surface area contributed by atoms with Gasteiger partial charge in [0, 0.05) is 12.1 Å². The molecule has 0 unspecified atom stereocenters. The molecule has 5 nitrogen and oxygen atoms in total. The first-order valence-corrected chi connectivity index (χ1v) is 8.12. The Labute approximate surface area is 132 Å². The molecule has 0 radical (unpaired) electrons. The van der Waals surface area contributed by atoms with Gasteiger partial charge in [0.25, 0.3) is 0 Å². The molecule has 0 heterocycles. The molecule has 0 aliphatic carbocycles. The molecule has 0 aliphatic rings. The summed E-state index contributed by atoms with van der Waals surface area (Å²) >= 11 is 11.8. The Balaban J connectivity index is 2.26. The van der Waals surface area contributed by atoms with Crippen LogP contribution in [0.5, 0.6) is 5.75 Å². The summed E-state index contributed by atoms with van der Waals surface area (Å²) in [7, 11) is -3.81. The second kappa shape index (κ2) is 6.11. The van der Waals surface area contributed by atoms with Crippen LogP contribution in [0.25, 0.3) is 0 Å². The fourth-order valence-electron chi connectivity index (χ4n) is 1.71. The van der Waals surface area contributed by atoms with Crippen molar-refractivity contribution in [2.24, 2.45) is 5.14 Å². The molecule has 8 heteroatoms. The Morgan fingerprint density at radius 2 is 1.86 bits per heavy atom. The molecule has 0 atom stereocenters. The Hall–Kier alpha value is -1.47. The van der Waals surface area contributed by atoms with E-state index in [-0.39, 0.29) is 22.2 Å². The van der Waals surface area contributed by atoms with Crippen LogP contribution in [0.15, 0.2) is 41.3 Å². The first-order chi connectivity index (χ1) is 9.79. The number of para-hydroxylation sites is 1. The molecule has 0 aliphatic heterocycles. The van der Waals surface area contributed by atoms with Gasteiger partial charge in [-0.1, -0.05) is 35.3 Å². The lowest BCUT2D eigenvalue weighted by atomic mass is 10.2. The van der Waals surface area contributed by atoms with Gasteiger partial charge in [0.1, 0.15) is 5.75 Å². The lowest BCUT2D eigenvalue weighted by Crippen LogP contribution is -2.12. The molecular formula is C13H12Cl2N2O3S. The highest BCUT2D eigenvalue weighted by Crippen LogP contribution is 2.29. The van der Waals surface area contributed by atoms with Crippen LogP contribution in [0.2, 0.25) is 10.0 Å². The molecule has 2 rings (SSSR count). The van der Waals surface area contributed by atoms with Crippen molar-refractivity contribution in [2.45, 2.75) is 11.4 Å². The molecule has 21 heavy (non-hydrogen) atoms. The normalized spacial score (nSPS) is 11.4. The summed E-state index contributed by atoms with van der Waals surface area (Å²) in [6, 6.07) is 9.03. The number of hydrogen-bond donors (Lipinski definition) is 3. The van der Waals surface area contributed by atoms with Crippen molar-refractivity contribution in [3.05, 3.63) is 52.0 Å². The summed E-state index contributed by atoms with van der Waals surface area (Å²) in [6.07, 6.45) is 0. The number of rotatable bonds is 4. The Morgan fingerprint density at radius 3 is 2.52 bits per heavy atom. The van der Waals surface area contributed by atoms with E-state index in [9.17, 15) is 13.5 Å². The Morgan fingerprint density at radius 1 is 1.14 bits per heavy atom. The summed E-state index contributed by atoms with van der Waals surface area (Å²) in [6.45, 7) is 0.222. The molecule has 0 spiro atoms. The summed E-state index contributed by atoms with van der Waals surface area (Å²) in [5, 5.41) is 18.4. The first kappa shape index (κ1) is 15.9. The van der Waals surface area contributed by atoms with E-state index in [0.717, 1.165) is 0 Å². The zero-order valence-corrected chi connectivity index (χ0v) is 13.0. The summed E-state index contributed by atoms with van der Waals surface area (Å²) in [4.78, 5) is -0.0512. The number of primary sulfonamides is 1. The molecule has 0 fully saturated rings. The van der Waals surface area contributed by atoms with Crippen molar-refractivity contribution in [1.82, 2.24) is 0 Å². The summed E-state index contributed by atoms with van der Waals surface area (Å²) in [5.74, 6) is -0.0367. The van der Waals surface area contributed by atoms with Gasteiger partial charge >= 0.3 is 0 Å². The lowest BCUT2D eigenvalue weighted by molar-refractivity contribution is 0.469. The Kier molecular flexibility index (Phi) is 4.63.